The van der Waals surface area contributed by atoms with Crippen LogP contribution in [-0.4, -0.2) is 35.0 Å². The highest BCUT2D eigenvalue weighted by atomic mass is 32.2. The van der Waals surface area contributed by atoms with Gasteiger partial charge in [0.2, 0.25) is 0 Å². The van der Waals surface area contributed by atoms with E-state index in [1.165, 1.54) is 36.6 Å². The van der Waals surface area contributed by atoms with Crippen molar-refractivity contribution in [2.75, 3.05) is 6.26 Å². The topological polar surface area (TPSA) is 78.5 Å². The first-order valence-electron chi connectivity index (χ1n) is 9.29. The minimum absolute atomic E-state index is 0.0723. The lowest BCUT2D eigenvalue weighted by atomic mass is 10.2. The molecule has 0 saturated heterocycles. The molecule has 3 heterocycles. The molecule has 1 aliphatic carbocycles. The van der Waals surface area contributed by atoms with Gasteiger partial charge in [-0.05, 0) is 42.9 Å². The largest absolute Gasteiger partial charge is 0.288 e. The second kappa shape index (κ2) is 7.64. The fourth-order valence-corrected chi connectivity index (χ4v) is 4.12. The Kier molecular flexibility index (Phi) is 4.84. The van der Waals surface area contributed by atoms with Crippen molar-refractivity contribution in [3.63, 3.8) is 0 Å². The van der Waals surface area contributed by atoms with Crippen molar-refractivity contribution >= 4 is 34.7 Å². The summed E-state index contributed by atoms with van der Waals surface area (Å²) in [5, 5.41) is 6.04. The molecule has 9 heteroatoms. The summed E-state index contributed by atoms with van der Waals surface area (Å²) in [5.41, 5.74) is 1.62. The van der Waals surface area contributed by atoms with Crippen LogP contribution in [0.25, 0.3) is 11.0 Å². The molecule has 7 nitrogen and oxygen atoms in total. The Morgan fingerprint density at radius 1 is 1.10 bits per heavy atom. The summed E-state index contributed by atoms with van der Waals surface area (Å²) in [5.74, 6) is 1.49. The van der Waals surface area contributed by atoms with E-state index in [4.69, 9.17) is 0 Å². The summed E-state index contributed by atoms with van der Waals surface area (Å²) in [4.78, 5) is 26.8. The van der Waals surface area contributed by atoms with Gasteiger partial charge in [0.25, 0.3) is 5.56 Å². The van der Waals surface area contributed by atoms with Gasteiger partial charge < -0.3 is 0 Å². The number of nitrogens with zero attached hydrogens (tertiary/aromatic N) is 6. The molecule has 1 aliphatic rings. The number of hydrogen-bond acceptors (Lipinski definition) is 7. The zero-order valence-electron chi connectivity index (χ0n) is 15.7. The first-order valence-corrected chi connectivity index (χ1v) is 11.3. The number of pyridine rings is 1. The second-order valence-corrected chi connectivity index (χ2v) is 8.71. The van der Waals surface area contributed by atoms with E-state index in [1.807, 2.05) is 30.5 Å². The number of hydrogen-bond donors (Lipinski definition) is 0. The lowest BCUT2D eigenvalue weighted by Crippen LogP contribution is -2.21. The van der Waals surface area contributed by atoms with Crippen LogP contribution in [0.5, 0.6) is 0 Å². The fraction of sp³-hybridized carbons (Fsp3) is 0.250. The average molecular weight is 423 g/mol. The van der Waals surface area contributed by atoms with Crippen LogP contribution < -0.4 is 5.56 Å². The van der Waals surface area contributed by atoms with Crippen molar-refractivity contribution in [1.82, 2.24) is 28.7 Å². The third-order valence-electron chi connectivity index (χ3n) is 4.78. The SMILES string of the molecule is CSc1ncc2ccc(=O)n(Cc3ccc(Sn4cnc(C5CC5)n4)cc3)c2n1. The van der Waals surface area contributed by atoms with Gasteiger partial charge in [0, 0.05) is 40.4 Å². The lowest BCUT2D eigenvalue weighted by Gasteiger charge is -2.10. The highest BCUT2D eigenvalue weighted by Gasteiger charge is 2.27. The van der Waals surface area contributed by atoms with Crippen LogP contribution in [0.1, 0.15) is 30.1 Å². The molecule has 0 spiro atoms. The molecule has 0 N–H and O–H groups in total. The molecule has 0 aliphatic heterocycles. The maximum atomic E-state index is 12.5. The quantitative estimate of drug-likeness (QED) is 0.347. The molecule has 1 aromatic carbocycles. The van der Waals surface area contributed by atoms with Gasteiger partial charge in [-0.3, -0.25) is 9.36 Å². The molecule has 0 amide bonds. The maximum absolute atomic E-state index is 12.5. The van der Waals surface area contributed by atoms with Gasteiger partial charge in [-0.1, -0.05) is 23.9 Å². The van der Waals surface area contributed by atoms with Gasteiger partial charge in [0.1, 0.15) is 12.0 Å². The van der Waals surface area contributed by atoms with E-state index in [9.17, 15) is 4.79 Å². The summed E-state index contributed by atoms with van der Waals surface area (Å²) in [6.07, 6.45) is 7.84. The third kappa shape index (κ3) is 3.92. The molecule has 1 saturated carbocycles. The van der Waals surface area contributed by atoms with Crippen molar-refractivity contribution in [2.45, 2.75) is 35.4 Å². The van der Waals surface area contributed by atoms with Gasteiger partial charge in [-0.25, -0.2) is 15.0 Å². The molecule has 29 heavy (non-hydrogen) atoms. The zero-order chi connectivity index (χ0) is 19.8. The molecule has 0 unspecified atom stereocenters. The van der Waals surface area contributed by atoms with Crippen LogP contribution in [0.3, 0.4) is 0 Å². The van der Waals surface area contributed by atoms with E-state index in [0.29, 0.717) is 23.3 Å². The van der Waals surface area contributed by atoms with Crippen molar-refractivity contribution in [2.24, 2.45) is 0 Å². The second-order valence-electron chi connectivity index (χ2n) is 6.91. The monoisotopic (exact) mass is 422 g/mol. The van der Waals surface area contributed by atoms with Crippen molar-refractivity contribution in [3.05, 3.63) is 70.7 Å². The molecule has 3 aromatic heterocycles. The third-order valence-corrected chi connectivity index (χ3v) is 6.19. The van der Waals surface area contributed by atoms with E-state index < -0.39 is 0 Å². The standard InChI is InChI=1S/C20H18N6OS2/c1-28-20-21-10-15-6-9-17(27)25(19(15)23-20)11-13-2-7-16(8-3-13)29-26-12-22-18(24-26)14-4-5-14/h2-3,6-10,12,14H,4-5,11H2,1H3. The Labute approximate surface area is 175 Å². The number of rotatable bonds is 6. The number of aromatic nitrogens is 6. The van der Waals surface area contributed by atoms with E-state index in [1.54, 1.807) is 33.3 Å². The molecule has 1 fully saturated rings. The molecular formula is C20H18N6OS2. The van der Waals surface area contributed by atoms with Gasteiger partial charge in [0.15, 0.2) is 11.0 Å². The van der Waals surface area contributed by atoms with Crippen molar-refractivity contribution in [3.8, 4) is 0 Å². The molecule has 5 rings (SSSR count). The molecule has 0 radical (unpaired) electrons. The smallest absolute Gasteiger partial charge is 0.252 e. The maximum Gasteiger partial charge on any atom is 0.252 e. The lowest BCUT2D eigenvalue weighted by molar-refractivity contribution is 0.771. The Morgan fingerprint density at radius 2 is 1.93 bits per heavy atom. The Hall–Kier alpha value is -2.65. The van der Waals surface area contributed by atoms with E-state index in [0.717, 1.165) is 21.7 Å². The highest BCUT2D eigenvalue weighted by molar-refractivity contribution is 7.98. The van der Waals surface area contributed by atoms with Crippen LogP contribution >= 0.6 is 23.7 Å². The minimum atomic E-state index is -0.0723. The first-order chi connectivity index (χ1) is 14.2. The summed E-state index contributed by atoms with van der Waals surface area (Å²) < 4.78 is 3.50. The van der Waals surface area contributed by atoms with Crippen LogP contribution in [0.4, 0.5) is 0 Å². The van der Waals surface area contributed by atoms with E-state index in [2.05, 4.69) is 20.1 Å². The van der Waals surface area contributed by atoms with E-state index in [-0.39, 0.29) is 5.56 Å². The summed E-state index contributed by atoms with van der Waals surface area (Å²) in [6, 6.07) is 11.5. The molecular weight excluding hydrogens is 404 g/mol. The number of benzene rings is 1. The van der Waals surface area contributed by atoms with Gasteiger partial charge in [0.05, 0.1) is 6.54 Å². The predicted octanol–water partition coefficient (Wildman–Crippen LogP) is 3.59. The number of fused-ring (bicyclic) bond motifs is 1. The van der Waals surface area contributed by atoms with Gasteiger partial charge in [-0.15, -0.1) is 5.10 Å². The van der Waals surface area contributed by atoms with Gasteiger partial charge >= 0.3 is 0 Å². The van der Waals surface area contributed by atoms with Crippen LogP contribution in [0.15, 0.2) is 63.8 Å². The fourth-order valence-electron chi connectivity index (χ4n) is 3.09. The normalized spacial score (nSPS) is 13.8. The van der Waals surface area contributed by atoms with Crippen molar-refractivity contribution < 1.29 is 0 Å². The molecule has 4 aromatic rings. The Bertz CT molecular complexity index is 1230. The van der Waals surface area contributed by atoms with Crippen LogP contribution in [0.2, 0.25) is 0 Å². The van der Waals surface area contributed by atoms with Crippen molar-refractivity contribution in [1.29, 1.82) is 0 Å². The molecule has 0 bridgehead atoms. The van der Waals surface area contributed by atoms with Crippen LogP contribution in [0, 0.1) is 0 Å². The summed E-state index contributed by atoms with van der Waals surface area (Å²) in [7, 11) is 0. The minimum Gasteiger partial charge on any atom is -0.288 e. The molecule has 146 valence electrons. The highest BCUT2D eigenvalue weighted by Crippen LogP contribution is 2.38. The Balaban J connectivity index is 1.38. The molecule has 0 atom stereocenters. The predicted molar refractivity (Wildman–Crippen MR) is 114 cm³/mol. The van der Waals surface area contributed by atoms with E-state index >= 15 is 0 Å². The average Bonchev–Trinajstić information content (AvgIpc) is 3.50. The zero-order valence-corrected chi connectivity index (χ0v) is 17.4. The first kappa shape index (κ1) is 18.4. The van der Waals surface area contributed by atoms with Gasteiger partial charge in [-0.2, -0.15) is 4.09 Å². The Morgan fingerprint density at radius 3 is 2.69 bits per heavy atom. The number of thioether (sulfide) groups is 1. The summed E-state index contributed by atoms with van der Waals surface area (Å²) >= 11 is 2.99. The summed E-state index contributed by atoms with van der Waals surface area (Å²) in [6.45, 7) is 0.459. The van der Waals surface area contributed by atoms with Crippen LogP contribution in [-0.2, 0) is 6.54 Å².